The molecule has 0 saturated carbocycles. The summed E-state index contributed by atoms with van der Waals surface area (Å²) in [5.74, 6) is -0.370. The third-order valence-corrected chi connectivity index (χ3v) is 2.34. The number of hydrogen-bond donors (Lipinski definition) is 4. The predicted octanol–water partition coefficient (Wildman–Crippen LogP) is 0.653. The molecule has 19 heavy (non-hydrogen) atoms. The SMILES string of the molecule is Cc1cc([N+](=O)[O-])ccc1C(CO)CO.O=S(O)O. The van der Waals surface area contributed by atoms with Gasteiger partial charge in [0.25, 0.3) is 17.0 Å². The zero-order chi connectivity index (χ0) is 15.0. The number of rotatable bonds is 4. The van der Waals surface area contributed by atoms with Gasteiger partial charge in [-0.1, -0.05) is 6.07 Å². The Morgan fingerprint density at radius 3 is 2.11 bits per heavy atom. The molecule has 4 N–H and O–H groups in total. The van der Waals surface area contributed by atoms with Crippen molar-refractivity contribution in [1.29, 1.82) is 0 Å². The summed E-state index contributed by atoms with van der Waals surface area (Å²) in [6, 6.07) is 4.39. The maximum absolute atomic E-state index is 10.5. The number of nitro benzene ring substituents is 1. The van der Waals surface area contributed by atoms with Crippen LogP contribution in [0, 0.1) is 17.0 Å². The molecule has 1 aromatic carbocycles. The van der Waals surface area contributed by atoms with Gasteiger partial charge in [0.05, 0.1) is 18.1 Å². The van der Waals surface area contributed by atoms with Crippen LogP contribution < -0.4 is 0 Å². The maximum atomic E-state index is 10.5. The number of nitrogens with zero attached hydrogens (tertiary/aromatic N) is 1. The number of aryl methyl sites for hydroxylation is 1. The first-order valence-corrected chi connectivity index (χ1v) is 6.16. The molecular formula is C10H15NO7S. The van der Waals surface area contributed by atoms with Gasteiger partial charge in [-0.15, -0.1) is 0 Å². The van der Waals surface area contributed by atoms with E-state index in [1.54, 1.807) is 13.0 Å². The van der Waals surface area contributed by atoms with E-state index in [1.165, 1.54) is 12.1 Å². The van der Waals surface area contributed by atoms with Gasteiger partial charge in [0, 0.05) is 18.1 Å². The zero-order valence-electron chi connectivity index (χ0n) is 10.1. The van der Waals surface area contributed by atoms with Crippen LogP contribution in [0.1, 0.15) is 17.0 Å². The highest BCUT2D eigenvalue weighted by molar-refractivity contribution is 7.73. The average molecular weight is 293 g/mol. The summed E-state index contributed by atoms with van der Waals surface area (Å²) in [4.78, 5) is 10.0. The van der Waals surface area contributed by atoms with Crippen molar-refractivity contribution in [1.82, 2.24) is 0 Å². The van der Waals surface area contributed by atoms with Crippen LogP contribution >= 0.6 is 0 Å². The van der Waals surface area contributed by atoms with Crippen LogP contribution in [0.4, 0.5) is 5.69 Å². The summed E-state index contributed by atoms with van der Waals surface area (Å²) in [6.07, 6.45) is 0. The summed E-state index contributed by atoms with van der Waals surface area (Å²) < 4.78 is 22.8. The molecule has 1 aromatic rings. The molecule has 9 heteroatoms. The molecule has 8 nitrogen and oxygen atoms in total. The number of non-ortho nitro benzene ring substituents is 1. The fourth-order valence-electron chi connectivity index (χ4n) is 1.49. The second-order valence-electron chi connectivity index (χ2n) is 3.59. The van der Waals surface area contributed by atoms with Crippen molar-refractivity contribution >= 4 is 17.0 Å². The Labute approximate surface area is 112 Å². The number of nitro groups is 1. The summed E-state index contributed by atoms with van der Waals surface area (Å²) in [6.45, 7) is 1.38. The fraction of sp³-hybridized carbons (Fsp3) is 0.400. The predicted molar refractivity (Wildman–Crippen MR) is 68.1 cm³/mol. The van der Waals surface area contributed by atoms with Gasteiger partial charge in [0.15, 0.2) is 0 Å². The first kappa shape index (κ1) is 17.6. The third kappa shape index (κ3) is 6.36. The lowest BCUT2D eigenvalue weighted by Gasteiger charge is -2.13. The Kier molecular flexibility index (Phi) is 8.03. The summed E-state index contributed by atoms with van der Waals surface area (Å²) >= 11 is -2.61. The van der Waals surface area contributed by atoms with Crippen molar-refractivity contribution in [2.24, 2.45) is 0 Å². The lowest BCUT2D eigenvalue weighted by molar-refractivity contribution is -0.384. The van der Waals surface area contributed by atoms with Crippen LogP contribution in [0.15, 0.2) is 18.2 Å². The summed E-state index contributed by atoms with van der Waals surface area (Å²) in [5, 5.41) is 28.5. The van der Waals surface area contributed by atoms with E-state index in [4.69, 9.17) is 23.5 Å². The fourth-order valence-corrected chi connectivity index (χ4v) is 1.49. The van der Waals surface area contributed by atoms with Gasteiger partial charge in [-0.05, 0) is 18.1 Å². The molecule has 0 atom stereocenters. The van der Waals surface area contributed by atoms with Crippen LogP contribution in [-0.4, -0.2) is 41.7 Å². The van der Waals surface area contributed by atoms with Gasteiger partial charge in [-0.2, -0.15) is 4.21 Å². The molecule has 0 aliphatic carbocycles. The lowest BCUT2D eigenvalue weighted by atomic mass is 9.96. The van der Waals surface area contributed by atoms with E-state index >= 15 is 0 Å². The minimum absolute atomic E-state index is 0.0193. The molecule has 0 bridgehead atoms. The zero-order valence-corrected chi connectivity index (χ0v) is 10.9. The molecule has 0 aromatic heterocycles. The first-order valence-electron chi connectivity index (χ1n) is 5.10. The average Bonchev–Trinajstić information content (AvgIpc) is 2.31. The van der Waals surface area contributed by atoms with Gasteiger partial charge < -0.3 is 10.2 Å². The molecule has 0 amide bonds. The monoisotopic (exact) mass is 293 g/mol. The molecule has 0 saturated heterocycles. The molecule has 0 unspecified atom stereocenters. The minimum Gasteiger partial charge on any atom is -0.396 e. The number of aliphatic hydroxyl groups excluding tert-OH is 2. The van der Waals surface area contributed by atoms with Gasteiger partial charge in [-0.3, -0.25) is 19.2 Å². The van der Waals surface area contributed by atoms with Crippen LogP contribution in [0.2, 0.25) is 0 Å². The highest BCUT2D eigenvalue weighted by Gasteiger charge is 2.14. The second-order valence-corrected chi connectivity index (χ2v) is 4.05. The molecule has 0 spiro atoms. The Morgan fingerprint density at radius 1 is 1.32 bits per heavy atom. The van der Waals surface area contributed by atoms with Gasteiger partial charge in [-0.25, -0.2) is 0 Å². The molecule has 0 aliphatic rings. The molecule has 108 valence electrons. The second kappa shape index (κ2) is 8.67. The molecular weight excluding hydrogens is 278 g/mol. The van der Waals surface area contributed by atoms with E-state index in [0.717, 1.165) is 5.56 Å². The smallest absolute Gasteiger partial charge is 0.299 e. The lowest BCUT2D eigenvalue weighted by Crippen LogP contribution is -2.10. The van der Waals surface area contributed by atoms with E-state index in [1.807, 2.05) is 0 Å². The van der Waals surface area contributed by atoms with Crippen LogP contribution in [0.3, 0.4) is 0 Å². The van der Waals surface area contributed by atoms with E-state index in [-0.39, 0.29) is 24.8 Å². The van der Waals surface area contributed by atoms with Crippen LogP contribution in [-0.2, 0) is 11.4 Å². The van der Waals surface area contributed by atoms with Gasteiger partial charge >= 0.3 is 0 Å². The van der Waals surface area contributed by atoms with E-state index in [0.29, 0.717) is 5.56 Å². The topological polar surface area (TPSA) is 141 Å². The molecule has 0 radical (unpaired) electrons. The Morgan fingerprint density at radius 2 is 1.79 bits per heavy atom. The molecule has 0 fully saturated rings. The highest BCUT2D eigenvalue weighted by atomic mass is 32.2. The first-order chi connectivity index (χ1) is 8.83. The van der Waals surface area contributed by atoms with E-state index in [9.17, 15) is 10.1 Å². The standard InChI is InChI=1S/C10H13NO4.H2O3S/c1-7-4-9(11(14)15)2-3-10(7)8(5-12)6-13;1-4(2)3/h2-4,8,12-13H,5-6H2,1H3;(H2,1,2,3). The third-order valence-electron chi connectivity index (χ3n) is 2.34. The Hall–Kier alpha value is -1.39. The van der Waals surface area contributed by atoms with Crippen LogP contribution in [0.5, 0.6) is 0 Å². The number of aliphatic hydroxyl groups is 2. The quantitative estimate of drug-likeness (QED) is 0.363. The van der Waals surface area contributed by atoms with E-state index < -0.39 is 16.3 Å². The van der Waals surface area contributed by atoms with Crippen molar-refractivity contribution in [3.05, 3.63) is 39.4 Å². The van der Waals surface area contributed by atoms with Crippen molar-refractivity contribution in [2.75, 3.05) is 13.2 Å². The van der Waals surface area contributed by atoms with Crippen molar-refractivity contribution in [2.45, 2.75) is 12.8 Å². The molecule has 0 heterocycles. The number of benzene rings is 1. The van der Waals surface area contributed by atoms with Crippen molar-refractivity contribution in [3.63, 3.8) is 0 Å². The minimum atomic E-state index is -2.61. The maximum Gasteiger partial charge on any atom is 0.299 e. The van der Waals surface area contributed by atoms with Gasteiger partial charge in [0.1, 0.15) is 0 Å². The highest BCUT2D eigenvalue weighted by Crippen LogP contribution is 2.23. The largest absolute Gasteiger partial charge is 0.396 e. The molecule has 0 aliphatic heterocycles. The Bertz CT molecular complexity index is 444. The van der Waals surface area contributed by atoms with E-state index in [2.05, 4.69) is 0 Å². The molecule has 1 rings (SSSR count). The van der Waals surface area contributed by atoms with Crippen molar-refractivity contribution in [3.8, 4) is 0 Å². The summed E-state index contributed by atoms with van der Waals surface area (Å²) in [7, 11) is 0. The summed E-state index contributed by atoms with van der Waals surface area (Å²) in [5.41, 5.74) is 1.47. The number of hydrogen-bond acceptors (Lipinski definition) is 5. The Balaban J connectivity index is 0.000000711. The van der Waals surface area contributed by atoms with Gasteiger partial charge in [0.2, 0.25) is 0 Å². The van der Waals surface area contributed by atoms with Crippen LogP contribution in [0.25, 0.3) is 0 Å². The normalized spacial score (nSPS) is 10.3. The van der Waals surface area contributed by atoms with Crippen molar-refractivity contribution < 1.29 is 28.5 Å².